The van der Waals surface area contributed by atoms with Crippen molar-refractivity contribution in [2.24, 2.45) is 5.92 Å². The summed E-state index contributed by atoms with van der Waals surface area (Å²) in [4.78, 5) is 26.8. The summed E-state index contributed by atoms with van der Waals surface area (Å²) in [7, 11) is 4.00. The molecule has 1 fully saturated rings. The molecule has 1 aromatic carbocycles. The van der Waals surface area contributed by atoms with Gasteiger partial charge < -0.3 is 14.4 Å². The quantitative estimate of drug-likeness (QED) is 0.704. The van der Waals surface area contributed by atoms with Crippen molar-refractivity contribution < 1.29 is 0 Å². The highest BCUT2D eigenvalue weighted by atomic mass is 16.1. The van der Waals surface area contributed by atoms with Gasteiger partial charge in [0.2, 0.25) is 0 Å². The highest BCUT2D eigenvalue weighted by molar-refractivity contribution is 5.75. The first-order valence-corrected chi connectivity index (χ1v) is 9.92. The van der Waals surface area contributed by atoms with Crippen molar-refractivity contribution in [3.63, 3.8) is 0 Å². The zero-order valence-corrected chi connectivity index (χ0v) is 16.4. The van der Waals surface area contributed by atoms with Crippen LogP contribution in [0.15, 0.2) is 47.4 Å². The van der Waals surface area contributed by atoms with Crippen molar-refractivity contribution >= 4 is 16.9 Å². The van der Waals surface area contributed by atoms with Crippen molar-refractivity contribution in [1.29, 1.82) is 0 Å². The maximum atomic E-state index is 13.0. The molecular formula is C22H25N5O. The third-order valence-corrected chi connectivity index (χ3v) is 5.93. The number of nitrogens with zero attached hydrogens (tertiary/aromatic N) is 5. The lowest BCUT2D eigenvalue weighted by atomic mass is 9.83. The summed E-state index contributed by atoms with van der Waals surface area (Å²) in [6, 6.07) is 12.2. The molecule has 0 radical (unpaired) electrons. The number of anilines is 1. The van der Waals surface area contributed by atoms with E-state index < -0.39 is 0 Å². The minimum Gasteiger partial charge on any atom is -0.354 e. The molecule has 0 saturated carbocycles. The van der Waals surface area contributed by atoms with Crippen molar-refractivity contribution in [2.45, 2.75) is 25.4 Å². The third kappa shape index (κ3) is 2.98. The minimum atomic E-state index is 0.180. The monoisotopic (exact) mass is 375 g/mol. The maximum Gasteiger partial charge on any atom is 0.255 e. The van der Waals surface area contributed by atoms with Gasteiger partial charge in [0.05, 0.1) is 17.2 Å². The van der Waals surface area contributed by atoms with Crippen LogP contribution in [0.3, 0.4) is 0 Å². The Morgan fingerprint density at radius 1 is 1.07 bits per heavy atom. The van der Waals surface area contributed by atoms with Gasteiger partial charge in [-0.1, -0.05) is 18.2 Å². The molecule has 28 heavy (non-hydrogen) atoms. The zero-order valence-electron chi connectivity index (χ0n) is 16.4. The average molecular weight is 375 g/mol. The molecule has 0 unspecified atom stereocenters. The number of para-hydroxylation sites is 2. The summed E-state index contributed by atoms with van der Waals surface area (Å²) in [5.41, 5.74) is 4.09. The fourth-order valence-electron chi connectivity index (χ4n) is 4.74. The second-order valence-electron chi connectivity index (χ2n) is 8.36. The van der Waals surface area contributed by atoms with Gasteiger partial charge in [0.1, 0.15) is 5.82 Å². The maximum absolute atomic E-state index is 13.0. The predicted molar refractivity (Wildman–Crippen MR) is 111 cm³/mol. The fraction of sp³-hybridized carbons (Fsp3) is 0.409. The number of hydrogen-bond acceptors (Lipinski definition) is 5. The summed E-state index contributed by atoms with van der Waals surface area (Å²) in [5.74, 6) is 1.77. The van der Waals surface area contributed by atoms with Gasteiger partial charge in [-0.15, -0.1) is 0 Å². The van der Waals surface area contributed by atoms with Gasteiger partial charge in [0.15, 0.2) is 0 Å². The molecule has 6 nitrogen and oxygen atoms in total. The number of hydrogen-bond donors (Lipinski definition) is 0. The molecule has 2 aliphatic heterocycles. The number of benzene rings is 1. The number of rotatable bonds is 3. The SMILES string of the molecule is CN(C)Cc1ccc2n(c1=O)C[C@H]1C[C@@H]2CN(c2cnc3ccccc3n2)C1. The van der Waals surface area contributed by atoms with Crippen LogP contribution >= 0.6 is 0 Å². The molecule has 4 heterocycles. The second kappa shape index (κ2) is 6.71. The van der Waals surface area contributed by atoms with Gasteiger partial charge >= 0.3 is 0 Å². The molecule has 0 N–H and O–H groups in total. The van der Waals surface area contributed by atoms with Gasteiger partial charge in [-0.05, 0) is 44.6 Å². The molecular weight excluding hydrogens is 350 g/mol. The Morgan fingerprint density at radius 3 is 2.71 bits per heavy atom. The van der Waals surface area contributed by atoms with Crippen LogP contribution in [0.4, 0.5) is 5.82 Å². The number of pyridine rings is 1. The van der Waals surface area contributed by atoms with E-state index in [9.17, 15) is 4.79 Å². The van der Waals surface area contributed by atoms with Crippen LogP contribution in [-0.2, 0) is 13.1 Å². The summed E-state index contributed by atoms with van der Waals surface area (Å²) in [6.45, 7) is 3.29. The van der Waals surface area contributed by atoms with E-state index in [4.69, 9.17) is 4.98 Å². The van der Waals surface area contributed by atoms with Crippen LogP contribution in [0, 0.1) is 5.92 Å². The number of aromatic nitrogens is 3. The second-order valence-corrected chi connectivity index (χ2v) is 8.36. The van der Waals surface area contributed by atoms with Crippen LogP contribution in [0.2, 0.25) is 0 Å². The number of fused-ring (bicyclic) bond motifs is 5. The minimum absolute atomic E-state index is 0.180. The Balaban J connectivity index is 1.47. The van der Waals surface area contributed by atoms with E-state index in [2.05, 4.69) is 16.0 Å². The molecule has 2 atom stereocenters. The van der Waals surface area contributed by atoms with Crippen molar-refractivity contribution in [1.82, 2.24) is 19.4 Å². The van der Waals surface area contributed by atoms with E-state index >= 15 is 0 Å². The molecule has 1 saturated heterocycles. The zero-order chi connectivity index (χ0) is 19.3. The van der Waals surface area contributed by atoms with Gasteiger partial charge in [-0.3, -0.25) is 9.78 Å². The molecule has 0 spiro atoms. The Morgan fingerprint density at radius 2 is 1.89 bits per heavy atom. The smallest absolute Gasteiger partial charge is 0.255 e. The Labute approximate surface area is 164 Å². The molecule has 2 aromatic heterocycles. The third-order valence-electron chi connectivity index (χ3n) is 5.93. The van der Waals surface area contributed by atoms with Crippen LogP contribution in [-0.4, -0.2) is 46.6 Å². The molecule has 0 amide bonds. The predicted octanol–water partition coefficient (Wildman–Crippen LogP) is 2.48. The van der Waals surface area contributed by atoms with E-state index in [1.807, 2.05) is 60.1 Å². The summed E-state index contributed by atoms with van der Waals surface area (Å²) >= 11 is 0. The van der Waals surface area contributed by atoms with Gasteiger partial charge in [-0.25, -0.2) is 4.98 Å². The van der Waals surface area contributed by atoms with E-state index in [1.165, 1.54) is 5.69 Å². The Bertz CT molecular complexity index is 1090. The summed E-state index contributed by atoms with van der Waals surface area (Å²) < 4.78 is 2.03. The fourth-order valence-corrected chi connectivity index (χ4v) is 4.74. The summed E-state index contributed by atoms with van der Waals surface area (Å²) in [6.07, 6.45) is 3.03. The largest absolute Gasteiger partial charge is 0.354 e. The lowest BCUT2D eigenvalue weighted by Gasteiger charge is -2.43. The van der Waals surface area contributed by atoms with E-state index in [-0.39, 0.29) is 5.56 Å². The van der Waals surface area contributed by atoms with Crippen molar-refractivity contribution in [2.75, 3.05) is 32.1 Å². The van der Waals surface area contributed by atoms with E-state index in [0.717, 1.165) is 48.5 Å². The van der Waals surface area contributed by atoms with Gasteiger partial charge in [0.25, 0.3) is 5.56 Å². The molecule has 5 rings (SSSR count). The normalized spacial score (nSPS) is 21.2. The Kier molecular flexibility index (Phi) is 4.16. The van der Waals surface area contributed by atoms with Crippen LogP contribution < -0.4 is 10.5 Å². The Hall–Kier alpha value is -2.73. The molecule has 2 bridgehead atoms. The topological polar surface area (TPSA) is 54.3 Å². The standard InChI is InChI=1S/C22H25N5O/c1-25(2)13-16-7-8-20-17-9-15(12-27(20)22(16)28)11-26(14-17)21-10-23-18-5-3-4-6-19(18)24-21/h3-8,10,15,17H,9,11-14H2,1-2H3/t15-,17+/m0/s1. The van der Waals surface area contributed by atoms with Crippen molar-refractivity contribution in [3.8, 4) is 0 Å². The lowest BCUT2D eigenvalue weighted by Crippen LogP contribution is -2.48. The average Bonchev–Trinajstić information content (AvgIpc) is 2.69. The molecule has 0 aliphatic carbocycles. The summed E-state index contributed by atoms with van der Waals surface area (Å²) in [5, 5.41) is 0. The van der Waals surface area contributed by atoms with Crippen LogP contribution in [0.25, 0.3) is 11.0 Å². The molecule has 144 valence electrons. The van der Waals surface area contributed by atoms with Crippen LogP contribution in [0.1, 0.15) is 23.6 Å². The van der Waals surface area contributed by atoms with Crippen LogP contribution in [0.5, 0.6) is 0 Å². The van der Waals surface area contributed by atoms with E-state index in [0.29, 0.717) is 18.4 Å². The highest BCUT2D eigenvalue weighted by Gasteiger charge is 2.35. The highest BCUT2D eigenvalue weighted by Crippen LogP contribution is 2.36. The van der Waals surface area contributed by atoms with E-state index in [1.54, 1.807) is 0 Å². The molecule has 2 aliphatic rings. The van der Waals surface area contributed by atoms with Crippen molar-refractivity contribution in [3.05, 3.63) is 64.2 Å². The molecule has 6 heteroatoms. The molecule has 3 aromatic rings. The van der Waals surface area contributed by atoms with Gasteiger partial charge in [-0.2, -0.15) is 0 Å². The first-order valence-electron chi connectivity index (χ1n) is 9.92. The first-order chi connectivity index (χ1) is 13.6. The number of piperidine rings is 1. The van der Waals surface area contributed by atoms with Gasteiger partial charge in [0, 0.05) is 43.4 Å². The lowest BCUT2D eigenvalue weighted by molar-refractivity contribution is 0.278. The first kappa shape index (κ1) is 17.4.